The molecule has 0 aliphatic carbocycles. The highest BCUT2D eigenvalue weighted by atomic mass is 16.6. The van der Waals surface area contributed by atoms with Crippen LogP contribution in [0.5, 0.6) is 0 Å². The molecule has 0 radical (unpaired) electrons. The van der Waals surface area contributed by atoms with Crippen LogP contribution in [0.3, 0.4) is 0 Å². The number of rotatable bonds is 4. The van der Waals surface area contributed by atoms with Crippen molar-refractivity contribution in [3.8, 4) is 0 Å². The second-order valence-corrected chi connectivity index (χ2v) is 4.14. The molecule has 0 bridgehead atoms. The third kappa shape index (κ3) is 9.60. The lowest BCUT2D eigenvalue weighted by Crippen LogP contribution is -2.35. The van der Waals surface area contributed by atoms with Crippen molar-refractivity contribution in [1.82, 2.24) is 4.90 Å². The van der Waals surface area contributed by atoms with Crippen LogP contribution in [0.2, 0.25) is 0 Å². The third-order valence-electron chi connectivity index (χ3n) is 1.56. The highest BCUT2D eigenvalue weighted by Gasteiger charge is 2.19. The van der Waals surface area contributed by atoms with Crippen LogP contribution in [-0.2, 0) is 14.3 Å². The van der Waals surface area contributed by atoms with Crippen LogP contribution >= 0.6 is 0 Å². The first-order valence-electron chi connectivity index (χ1n) is 5.94. The van der Waals surface area contributed by atoms with E-state index in [9.17, 15) is 9.59 Å². The van der Waals surface area contributed by atoms with Gasteiger partial charge in [-0.05, 0) is 20.8 Å². The molecule has 0 rings (SSSR count). The summed E-state index contributed by atoms with van der Waals surface area (Å²) in [5.41, 5.74) is -0.529. The zero-order valence-electron chi connectivity index (χ0n) is 11.9. The lowest BCUT2D eigenvalue weighted by Gasteiger charge is -2.22. The molecule has 0 aliphatic rings. The lowest BCUT2D eigenvalue weighted by atomic mass is 10.2. The van der Waals surface area contributed by atoms with Gasteiger partial charge in [0.05, 0.1) is 0 Å². The number of carbonyl (C=O) groups is 2. The molecule has 4 heteroatoms. The van der Waals surface area contributed by atoms with Gasteiger partial charge in [-0.25, -0.2) is 0 Å². The van der Waals surface area contributed by atoms with E-state index < -0.39 is 11.6 Å². The van der Waals surface area contributed by atoms with Gasteiger partial charge in [0, 0.05) is 12.6 Å². The van der Waals surface area contributed by atoms with Gasteiger partial charge in [-0.2, -0.15) is 0 Å². The molecule has 4 nitrogen and oxygen atoms in total. The van der Waals surface area contributed by atoms with E-state index >= 15 is 0 Å². The molecule has 1 amide bonds. The standard InChI is InChI=1S/C11H19NO3.C2H6/c1-6-9(13)12(7-2)8-10(14)15-11(3,4)5;1-2/h7H,2,6,8H2,1,3-5H3;1-2H3. The fourth-order valence-electron chi connectivity index (χ4n) is 0.971. The van der Waals surface area contributed by atoms with E-state index in [4.69, 9.17) is 4.74 Å². The highest BCUT2D eigenvalue weighted by molar-refractivity contribution is 5.82. The summed E-state index contributed by atoms with van der Waals surface area (Å²) in [6.07, 6.45) is 1.69. The quantitative estimate of drug-likeness (QED) is 0.713. The average molecular weight is 243 g/mol. The minimum absolute atomic E-state index is 0.0759. The van der Waals surface area contributed by atoms with Crippen molar-refractivity contribution in [3.05, 3.63) is 12.8 Å². The maximum absolute atomic E-state index is 11.4. The third-order valence-corrected chi connectivity index (χ3v) is 1.56. The van der Waals surface area contributed by atoms with Gasteiger partial charge in [0.2, 0.25) is 5.91 Å². The van der Waals surface area contributed by atoms with Crippen molar-refractivity contribution in [2.75, 3.05) is 6.54 Å². The molecule has 0 N–H and O–H groups in total. The molecule has 0 atom stereocenters. The van der Waals surface area contributed by atoms with Crippen LogP contribution in [0.15, 0.2) is 12.8 Å². The molecular formula is C13H25NO3. The van der Waals surface area contributed by atoms with Gasteiger partial charge in [-0.15, -0.1) is 0 Å². The summed E-state index contributed by atoms with van der Waals surface area (Å²) < 4.78 is 5.08. The number of amides is 1. The first-order chi connectivity index (χ1) is 7.80. The summed E-state index contributed by atoms with van der Waals surface area (Å²) in [4.78, 5) is 23.9. The molecule has 0 spiro atoms. The molecule has 0 heterocycles. The Hall–Kier alpha value is -1.32. The Kier molecular flexibility index (Phi) is 9.33. The Morgan fingerprint density at radius 2 is 1.76 bits per heavy atom. The van der Waals surface area contributed by atoms with Gasteiger partial charge in [-0.3, -0.25) is 9.59 Å². The molecule has 0 unspecified atom stereocenters. The zero-order chi connectivity index (χ0) is 14.1. The Morgan fingerprint density at radius 1 is 1.29 bits per heavy atom. The van der Waals surface area contributed by atoms with Crippen molar-refractivity contribution < 1.29 is 14.3 Å². The van der Waals surface area contributed by atoms with Gasteiger partial charge in [0.25, 0.3) is 0 Å². The highest BCUT2D eigenvalue weighted by Crippen LogP contribution is 2.07. The summed E-state index contributed by atoms with van der Waals surface area (Å²) >= 11 is 0. The van der Waals surface area contributed by atoms with Crippen molar-refractivity contribution >= 4 is 11.9 Å². The Balaban J connectivity index is 0. The molecule has 100 valence electrons. The molecule has 17 heavy (non-hydrogen) atoms. The predicted molar refractivity (Wildman–Crippen MR) is 69.4 cm³/mol. The first-order valence-corrected chi connectivity index (χ1v) is 5.94. The maximum Gasteiger partial charge on any atom is 0.326 e. The molecule has 0 aromatic rings. The fourth-order valence-corrected chi connectivity index (χ4v) is 0.971. The number of esters is 1. The minimum Gasteiger partial charge on any atom is -0.459 e. The lowest BCUT2D eigenvalue weighted by molar-refractivity contribution is -0.157. The van der Waals surface area contributed by atoms with E-state index in [0.717, 1.165) is 0 Å². The smallest absolute Gasteiger partial charge is 0.326 e. The average Bonchev–Trinajstić information content (AvgIpc) is 2.25. The Bertz CT molecular complexity index is 254. The Labute approximate surface area is 105 Å². The van der Waals surface area contributed by atoms with Crippen LogP contribution in [0.1, 0.15) is 48.0 Å². The van der Waals surface area contributed by atoms with Crippen LogP contribution in [0, 0.1) is 0 Å². The van der Waals surface area contributed by atoms with Crippen molar-refractivity contribution in [3.63, 3.8) is 0 Å². The molecule has 0 aromatic heterocycles. The van der Waals surface area contributed by atoms with E-state index in [1.807, 2.05) is 13.8 Å². The summed E-state index contributed by atoms with van der Waals surface area (Å²) in [5.74, 6) is -0.569. The summed E-state index contributed by atoms with van der Waals surface area (Å²) in [6.45, 7) is 14.5. The number of carbonyl (C=O) groups excluding carboxylic acids is 2. The van der Waals surface area contributed by atoms with Crippen LogP contribution in [0.4, 0.5) is 0 Å². The zero-order valence-corrected chi connectivity index (χ0v) is 11.9. The van der Waals surface area contributed by atoms with Crippen LogP contribution in [0.25, 0.3) is 0 Å². The van der Waals surface area contributed by atoms with Crippen molar-refractivity contribution in [2.24, 2.45) is 0 Å². The molecule has 0 aliphatic heterocycles. The molecule has 0 aromatic carbocycles. The molecular weight excluding hydrogens is 218 g/mol. The fraction of sp³-hybridized carbons (Fsp3) is 0.692. The van der Waals surface area contributed by atoms with E-state index in [1.165, 1.54) is 11.1 Å². The largest absolute Gasteiger partial charge is 0.459 e. The number of ether oxygens (including phenoxy) is 1. The number of hydrogen-bond donors (Lipinski definition) is 0. The van der Waals surface area contributed by atoms with E-state index in [0.29, 0.717) is 6.42 Å². The Morgan fingerprint density at radius 3 is 2.06 bits per heavy atom. The topological polar surface area (TPSA) is 46.6 Å². The SMILES string of the molecule is C=CN(CC(=O)OC(C)(C)C)C(=O)CC.CC. The summed E-state index contributed by atoms with van der Waals surface area (Å²) in [5, 5.41) is 0. The summed E-state index contributed by atoms with van der Waals surface area (Å²) in [7, 11) is 0. The maximum atomic E-state index is 11.4. The second-order valence-electron chi connectivity index (χ2n) is 4.14. The van der Waals surface area contributed by atoms with Crippen molar-refractivity contribution in [1.29, 1.82) is 0 Å². The van der Waals surface area contributed by atoms with E-state index in [1.54, 1.807) is 27.7 Å². The summed E-state index contributed by atoms with van der Waals surface area (Å²) in [6, 6.07) is 0. The van der Waals surface area contributed by atoms with Crippen LogP contribution in [-0.4, -0.2) is 28.9 Å². The second kappa shape index (κ2) is 8.79. The van der Waals surface area contributed by atoms with Crippen LogP contribution < -0.4 is 0 Å². The number of hydrogen-bond acceptors (Lipinski definition) is 3. The van der Waals surface area contributed by atoms with Crippen molar-refractivity contribution in [2.45, 2.75) is 53.6 Å². The molecule has 0 saturated heterocycles. The van der Waals surface area contributed by atoms with E-state index in [2.05, 4.69) is 6.58 Å². The number of nitrogens with zero attached hydrogens (tertiary/aromatic N) is 1. The molecule has 0 saturated carbocycles. The minimum atomic E-state index is -0.529. The normalized spacial score (nSPS) is 9.76. The molecule has 0 fully saturated rings. The van der Waals surface area contributed by atoms with Gasteiger partial charge in [0.1, 0.15) is 12.1 Å². The first kappa shape index (κ1) is 18.1. The predicted octanol–water partition coefficient (Wildman–Crippen LogP) is 2.74. The van der Waals surface area contributed by atoms with Gasteiger partial charge in [0.15, 0.2) is 0 Å². The monoisotopic (exact) mass is 243 g/mol. The van der Waals surface area contributed by atoms with Gasteiger partial charge >= 0.3 is 5.97 Å². The van der Waals surface area contributed by atoms with Gasteiger partial charge in [-0.1, -0.05) is 27.4 Å². The van der Waals surface area contributed by atoms with E-state index in [-0.39, 0.29) is 12.5 Å². The van der Waals surface area contributed by atoms with Gasteiger partial charge < -0.3 is 9.64 Å².